The maximum Gasteiger partial charge on any atom is 0.191 e. The van der Waals surface area contributed by atoms with Gasteiger partial charge in [-0.3, -0.25) is 9.67 Å². The summed E-state index contributed by atoms with van der Waals surface area (Å²) in [6.45, 7) is 8.42. The van der Waals surface area contributed by atoms with E-state index >= 15 is 0 Å². The predicted molar refractivity (Wildman–Crippen MR) is 92.3 cm³/mol. The van der Waals surface area contributed by atoms with Gasteiger partial charge in [-0.05, 0) is 50.5 Å². The van der Waals surface area contributed by atoms with E-state index in [1.54, 1.807) is 0 Å². The molecule has 2 N–H and O–H groups in total. The SMILES string of the molecule is CCC1(CNC(=NC)NCCc2c(C)nn(C)c2C)CCC1. The molecule has 2 rings (SSSR count). The van der Waals surface area contributed by atoms with Crippen molar-refractivity contribution in [2.24, 2.45) is 17.5 Å². The zero-order valence-corrected chi connectivity index (χ0v) is 14.8. The summed E-state index contributed by atoms with van der Waals surface area (Å²) in [6.07, 6.45) is 6.31. The van der Waals surface area contributed by atoms with Crippen molar-refractivity contribution in [3.05, 3.63) is 17.0 Å². The van der Waals surface area contributed by atoms with Crippen LogP contribution < -0.4 is 10.6 Å². The molecule has 0 amide bonds. The molecule has 22 heavy (non-hydrogen) atoms. The molecule has 1 saturated carbocycles. The van der Waals surface area contributed by atoms with E-state index in [4.69, 9.17) is 0 Å². The van der Waals surface area contributed by atoms with Crippen LogP contribution in [0.2, 0.25) is 0 Å². The van der Waals surface area contributed by atoms with Crippen molar-refractivity contribution in [1.82, 2.24) is 20.4 Å². The zero-order valence-electron chi connectivity index (χ0n) is 14.8. The van der Waals surface area contributed by atoms with E-state index < -0.39 is 0 Å². The Hall–Kier alpha value is -1.52. The van der Waals surface area contributed by atoms with Crippen molar-refractivity contribution in [3.8, 4) is 0 Å². The summed E-state index contributed by atoms with van der Waals surface area (Å²) in [6, 6.07) is 0. The molecule has 0 saturated heterocycles. The number of hydrogen-bond donors (Lipinski definition) is 2. The van der Waals surface area contributed by atoms with Gasteiger partial charge in [0.2, 0.25) is 0 Å². The van der Waals surface area contributed by atoms with Gasteiger partial charge in [-0.1, -0.05) is 13.3 Å². The van der Waals surface area contributed by atoms with Crippen LogP contribution in [-0.2, 0) is 13.5 Å². The molecule has 0 aromatic carbocycles. The van der Waals surface area contributed by atoms with Crippen LogP contribution in [0.4, 0.5) is 0 Å². The average Bonchev–Trinajstić information content (AvgIpc) is 2.70. The Bertz CT molecular complexity index is 520. The van der Waals surface area contributed by atoms with Gasteiger partial charge >= 0.3 is 0 Å². The normalized spacial score (nSPS) is 17.2. The molecule has 5 heteroatoms. The molecule has 1 heterocycles. The Labute approximate surface area is 134 Å². The van der Waals surface area contributed by atoms with Crippen LogP contribution >= 0.6 is 0 Å². The molecule has 1 aromatic rings. The lowest BCUT2D eigenvalue weighted by Crippen LogP contribution is -2.46. The topological polar surface area (TPSA) is 54.2 Å². The molecule has 1 fully saturated rings. The Morgan fingerprint density at radius 2 is 2.05 bits per heavy atom. The van der Waals surface area contributed by atoms with Crippen LogP contribution in [-0.4, -0.2) is 35.9 Å². The molecule has 0 aliphatic heterocycles. The fourth-order valence-corrected chi connectivity index (χ4v) is 3.31. The Morgan fingerprint density at radius 3 is 2.50 bits per heavy atom. The van der Waals surface area contributed by atoms with Crippen molar-refractivity contribution in [1.29, 1.82) is 0 Å². The summed E-state index contributed by atoms with van der Waals surface area (Å²) < 4.78 is 1.96. The van der Waals surface area contributed by atoms with Crippen LogP contribution in [0.5, 0.6) is 0 Å². The summed E-state index contributed by atoms with van der Waals surface area (Å²) in [7, 11) is 3.85. The maximum absolute atomic E-state index is 4.47. The minimum Gasteiger partial charge on any atom is -0.356 e. The molecule has 0 radical (unpaired) electrons. The molecule has 124 valence electrons. The Balaban J connectivity index is 1.79. The highest BCUT2D eigenvalue weighted by Gasteiger charge is 2.34. The lowest BCUT2D eigenvalue weighted by molar-refractivity contribution is 0.131. The quantitative estimate of drug-likeness (QED) is 0.626. The molecule has 0 unspecified atom stereocenters. The van der Waals surface area contributed by atoms with Gasteiger partial charge in [0.25, 0.3) is 0 Å². The van der Waals surface area contributed by atoms with Crippen LogP contribution in [0.1, 0.15) is 49.6 Å². The second kappa shape index (κ2) is 7.16. The maximum atomic E-state index is 4.47. The van der Waals surface area contributed by atoms with E-state index in [1.165, 1.54) is 36.9 Å². The highest BCUT2D eigenvalue weighted by molar-refractivity contribution is 5.79. The largest absolute Gasteiger partial charge is 0.356 e. The molecule has 1 aliphatic rings. The van der Waals surface area contributed by atoms with E-state index in [2.05, 4.69) is 41.5 Å². The van der Waals surface area contributed by atoms with E-state index in [9.17, 15) is 0 Å². The van der Waals surface area contributed by atoms with Crippen LogP contribution in [0.3, 0.4) is 0 Å². The summed E-state index contributed by atoms with van der Waals surface area (Å²) in [5.41, 5.74) is 4.23. The van der Waals surface area contributed by atoms with Gasteiger partial charge in [0.1, 0.15) is 0 Å². The van der Waals surface area contributed by atoms with Crippen molar-refractivity contribution < 1.29 is 0 Å². The van der Waals surface area contributed by atoms with Crippen LogP contribution in [0.25, 0.3) is 0 Å². The van der Waals surface area contributed by atoms with Crippen molar-refractivity contribution in [3.63, 3.8) is 0 Å². The average molecular weight is 305 g/mol. The van der Waals surface area contributed by atoms with E-state index in [-0.39, 0.29) is 0 Å². The number of aliphatic imine (C=N–C) groups is 1. The fourth-order valence-electron chi connectivity index (χ4n) is 3.31. The third-order valence-corrected chi connectivity index (χ3v) is 5.34. The van der Waals surface area contributed by atoms with E-state index in [0.717, 1.165) is 31.2 Å². The van der Waals surface area contributed by atoms with Crippen molar-refractivity contribution in [2.45, 2.75) is 52.9 Å². The summed E-state index contributed by atoms with van der Waals surface area (Å²) >= 11 is 0. The molecular formula is C17H31N5. The number of nitrogens with one attached hydrogen (secondary N) is 2. The summed E-state index contributed by atoms with van der Waals surface area (Å²) in [5.74, 6) is 0.916. The lowest BCUT2D eigenvalue weighted by Gasteiger charge is -2.41. The van der Waals surface area contributed by atoms with Crippen molar-refractivity contribution in [2.75, 3.05) is 20.1 Å². The third-order valence-electron chi connectivity index (χ3n) is 5.34. The second-order valence-corrected chi connectivity index (χ2v) is 6.58. The molecule has 5 nitrogen and oxygen atoms in total. The van der Waals surface area contributed by atoms with E-state index in [1.807, 2.05) is 18.8 Å². The van der Waals surface area contributed by atoms with Gasteiger partial charge in [0.15, 0.2) is 5.96 Å². The zero-order chi connectivity index (χ0) is 16.2. The first-order chi connectivity index (χ1) is 10.5. The predicted octanol–water partition coefficient (Wildman–Crippen LogP) is 2.32. The van der Waals surface area contributed by atoms with Crippen LogP contribution in [0, 0.1) is 19.3 Å². The standard InChI is InChI=1S/C17H31N5/c1-6-17(9-7-10-17)12-20-16(18-4)19-11-8-15-13(2)21-22(5)14(15)3/h6-12H2,1-5H3,(H2,18,19,20). The second-order valence-electron chi connectivity index (χ2n) is 6.58. The first-order valence-corrected chi connectivity index (χ1v) is 8.45. The Morgan fingerprint density at radius 1 is 1.32 bits per heavy atom. The number of rotatable bonds is 6. The Kier molecular flexibility index (Phi) is 5.48. The van der Waals surface area contributed by atoms with Gasteiger partial charge in [-0.2, -0.15) is 5.10 Å². The monoisotopic (exact) mass is 305 g/mol. The number of nitrogens with zero attached hydrogens (tertiary/aromatic N) is 3. The molecule has 1 aliphatic carbocycles. The van der Waals surface area contributed by atoms with E-state index in [0.29, 0.717) is 5.41 Å². The smallest absolute Gasteiger partial charge is 0.191 e. The van der Waals surface area contributed by atoms with Gasteiger partial charge in [-0.25, -0.2) is 0 Å². The van der Waals surface area contributed by atoms with Gasteiger partial charge in [-0.15, -0.1) is 0 Å². The third kappa shape index (κ3) is 3.62. The van der Waals surface area contributed by atoms with Crippen molar-refractivity contribution >= 4 is 5.96 Å². The molecule has 1 aromatic heterocycles. The summed E-state index contributed by atoms with van der Waals surface area (Å²) in [5, 5.41) is 11.4. The van der Waals surface area contributed by atoms with Gasteiger partial charge in [0, 0.05) is 32.9 Å². The number of aryl methyl sites for hydroxylation is 2. The number of hydrogen-bond acceptors (Lipinski definition) is 2. The molecular weight excluding hydrogens is 274 g/mol. The fraction of sp³-hybridized carbons (Fsp3) is 0.765. The minimum absolute atomic E-state index is 0.508. The highest BCUT2D eigenvalue weighted by atomic mass is 15.3. The minimum atomic E-state index is 0.508. The van der Waals surface area contributed by atoms with Crippen LogP contribution in [0.15, 0.2) is 4.99 Å². The lowest BCUT2D eigenvalue weighted by atomic mass is 9.67. The first kappa shape index (κ1) is 16.8. The number of guanidine groups is 1. The summed E-state index contributed by atoms with van der Waals surface area (Å²) in [4.78, 5) is 4.34. The van der Waals surface area contributed by atoms with Gasteiger partial charge < -0.3 is 10.6 Å². The molecule has 0 bridgehead atoms. The highest BCUT2D eigenvalue weighted by Crippen LogP contribution is 2.42. The van der Waals surface area contributed by atoms with Gasteiger partial charge in [0.05, 0.1) is 5.69 Å². The molecule has 0 atom stereocenters. The number of aromatic nitrogens is 2. The molecule has 0 spiro atoms. The first-order valence-electron chi connectivity index (χ1n) is 8.45.